The zero-order chi connectivity index (χ0) is 17.7. The van der Waals surface area contributed by atoms with E-state index in [0.29, 0.717) is 31.0 Å². The molecule has 2 aliphatic heterocycles. The minimum Gasteiger partial charge on any atom is -0.465 e. The summed E-state index contributed by atoms with van der Waals surface area (Å²) >= 11 is 0. The standard InChI is InChI=1S/C18H33N3O3/c1-14(2)13-19(3)17(22)15-6-10-20(11-7-15)16-5-4-9-21(12-8-16)18(23)24/h14-16H,4-13H2,1-3H3,(H,23,24)/t16-/m1/s1. The second-order valence-electron chi connectivity index (χ2n) is 7.78. The van der Waals surface area contributed by atoms with Gasteiger partial charge in [-0.1, -0.05) is 13.8 Å². The molecule has 0 saturated carbocycles. The summed E-state index contributed by atoms with van der Waals surface area (Å²) in [6, 6.07) is 0.471. The van der Waals surface area contributed by atoms with Gasteiger partial charge in [-0.2, -0.15) is 0 Å². The van der Waals surface area contributed by atoms with Gasteiger partial charge in [0.05, 0.1) is 0 Å². The van der Waals surface area contributed by atoms with E-state index in [1.165, 1.54) is 4.90 Å². The van der Waals surface area contributed by atoms with Crippen LogP contribution in [0, 0.1) is 11.8 Å². The predicted molar refractivity (Wildman–Crippen MR) is 94.0 cm³/mol. The Hall–Kier alpha value is -1.30. The maximum absolute atomic E-state index is 12.5. The Morgan fingerprint density at radius 1 is 1.08 bits per heavy atom. The number of piperidine rings is 1. The second-order valence-corrected chi connectivity index (χ2v) is 7.78. The third-order valence-electron chi connectivity index (χ3n) is 5.38. The molecule has 24 heavy (non-hydrogen) atoms. The van der Waals surface area contributed by atoms with Crippen molar-refractivity contribution in [2.45, 2.75) is 52.0 Å². The van der Waals surface area contributed by atoms with Gasteiger partial charge in [0.2, 0.25) is 5.91 Å². The quantitative estimate of drug-likeness (QED) is 0.854. The summed E-state index contributed by atoms with van der Waals surface area (Å²) in [5.74, 6) is 0.953. The number of likely N-dealkylation sites (tertiary alicyclic amines) is 2. The molecule has 2 amide bonds. The van der Waals surface area contributed by atoms with Crippen LogP contribution in [0.25, 0.3) is 0 Å². The van der Waals surface area contributed by atoms with Crippen LogP contribution in [0.1, 0.15) is 46.0 Å². The first-order valence-corrected chi connectivity index (χ1v) is 9.35. The van der Waals surface area contributed by atoms with Crippen molar-refractivity contribution in [3.8, 4) is 0 Å². The molecule has 0 aromatic rings. The number of amides is 2. The van der Waals surface area contributed by atoms with Crippen LogP contribution < -0.4 is 0 Å². The van der Waals surface area contributed by atoms with E-state index in [0.717, 1.165) is 51.7 Å². The highest BCUT2D eigenvalue weighted by molar-refractivity contribution is 5.78. The van der Waals surface area contributed by atoms with Crippen molar-refractivity contribution in [2.24, 2.45) is 11.8 Å². The molecule has 0 unspecified atom stereocenters. The molecule has 0 aromatic carbocycles. The van der Waals surface area contributed by atoms with Crippen molar-refractivity contribution >= 4 is 12.0 Å². The van der Waals surface area contributed by atoms with Crippen LogP contribution in [0.4, 0.5) is 4.79 Å². The van der Waals surface area contributed by atoms with Crippen molar-refractivity contribution in [3.63, 3.8) is 0 Å². The third kappa shape index (κ3) is 5.10. The summed E-state index contributed by atoms with van der Waals surface area (Å²) in [7, 11) is 1.92. The van der Waals surface area contributed by atoms with Crippen LogP contribution in [0.2, 0.25) is 0 Å². The lowest BCUT2D eigenvalue weighted by Crippen LogP contribution is -2.46. The summed E-state index contributed by atoms with van der Waals surface area (Å²) in [4.78, 5) is 29.6. The van der Waals surface area contributed by atoms with E-state index in [1.54, 1.807) is 0 Å². The van der Waals surface area contributed by atoms with Gasteiger partial charge in [0, 0.05) is 38.6 Å². The van der Waals surface area contributed by atoms with Gasteiger partial charge in [0.15, 0.2) is 0 Å². The molecule has 1 N–H and O–H groups in total. The van der Waals surface area contributed by atoms with Crippen LogP contribution in [0.3, 0.4) is 0 Å². The van der Waals surface area contributed by atoms with Crippen molar-refractivity contribution in [1.82, 2.24) is 14.7 Å². The third-order valence-corrected chi connectivity index (χ3v) is 5.38. The predicted octanol–water partition coefficient (Wildman–Crippen LogP) is 2.35. The normalized spacial score (nSPS) is 24.0. The van der Waals surface area contributed by atoms with E-state index >= 15 is 0 Å². The zero-order valence-corrected chi connectivity index (χ0v) is 15.4. The van der Waals surface area contributed by atoms with Gasteiger partial charge in [0.25, 0.3) is 0 Å². The maximum atomic E-state index is 12.5. The molecule has 0 aromatic heterocycles. The van der Waals surface area contributed by atoms with E-state index in [1.807, 2.05) is 11.9 Å². The van der Waals surface area contributed by atoms with Gasteiger partial charge in [-0.15, -0.1) is 0 Å². The Bertz CT molecular complexity index is 433. The lowest BCUT2D eigenvalue weighted by atomic mass is 9.93. The highest BCUT2D eigenvalue weighted by Gasteiger charge is 2.31. The molecule has 138 valence electrons. The number of carbonyl (C=O) groups is 2. The Balaban J connectivity index is 1.80. The van der Waals surface area contributed by atoms with Gasteiger partial charge in [-0.25, -0.2) is 4.79 Å². The first-order valence-electron chi connectivity index (χ1n) is 9.35. The first kappa shape index (κ1) is 19.0. The Kier molecular flexibility index (Phi) is 6.90. The monoisotopic (exact) mass is 339 g/mol. The number of rotatable bonds is 4. The van der Waals surface area contributed by atoms with Crippen LogP contribution in [0.5, 0.6) is 0 Å². The fourth-order valence-electron chi connectivity index (χ4n) is 4.10. The van der Waals surface area contributed by atoms with Crippen LogP contribution >= 0.6 is 0 Å². The molecule has 6 nitrogen and oxygen atoms in total. The average Bonchev–Trinajstić information content (AvgIpc) is 2.80. The summed E-state index contributed by atoms with van der Waals surface area (Å²) in [5.41, 5.74) is 0. The molecular weight excluding hydrogens is 306 g/mol. The minimum atomic E-state index is -0.798. The van der Waals surface area contributed by atoms with Gasteiger partial charge >= 0.3 is 6.09 Å². The smallest absolute Gasteiger partial charge is 0.407 e. The molecule has 2 saturated heterocycles. The summed E-state index contributed by atoms with van der Waals surface area (Å²) in [6.45, 7) is 8.31. The van der Waals surface area contributed by atoms with Crippen molar-refractivity contribution in [2.75, 3.05) is 39.8 Å². The highest BCUT2D eigenvalue weighted by atomic mass is 16.4. The number of hydrogen-bond acceptors (Lipinski definition) is 3. The van der Waals surface area contributed by atoms with Gasteiger partial charge in [-0.3, -0.25) is 4.79 Å². The number of hydrogen-bond donors (Lipinski definition) is 1. The molecule has 0 radical (unpaired) electrons. The molecule has 2 aliphatic rings. The lowest BCUT2D eigenvalue weighted by Gasteiger charge is -2.38. The number of carboxylic acid groups (broad SMARTS) is 1. The average molecular weight is 339 g/mol. The fraction of sp³-hybridized carbons (Fsp3) is 0.889. The maximum Gasteiger partial charge on any atom is 0.407 e. The van der Waals surface area contributed by atoms with Gasteiger partial charge in [0.1, 0.15) is 0 Å². The molecule has 0 spiro atoms. The summed E-state index contributed by atoms with van der Waals surface area (Å²) < 4.78 is 0. The van der Waals surface area contributed by atoms with Crippen molar-refractivity contribution < 1.29 is 14.7 Å². The SMILES string of the molecule is CC(C)CN(C)C(=O)C1CCN([C@@H]2CCCN(C(=O)O)CC2)CC1. The largest absolute Gasteiger partial charge is 0.465 e. The van der Waals surface area contributed by atoms with E-state index in [-0.39, 0.29) is 5.92 Å². The lowest BCUT2D eigenvalue weighted by molar-refractivity contribution is -0.136. The van der Waals surface area contributed by atoms with Crippen molar-refractivity contribution in [1.29, 1.82) is 0 Å². The molecule has 0 bridgehead atoms. The Morgan fingerprint density at radius 2 is 1.75 bits per heavy atom. The molecular formula is C18H33N3O3. The molecule has 6 heteroatoms. The summed E-state index contributed by atoms with van der Waals surface area (Å²) in [6.07, 6.45) is 3.98. The van der Waals surface area contributed by atoms with Crippen LogP contribution in [-0.4, -0.2) is 77.6 Å². The van der Waals surface area contributed by atoms with Gasteiger partial charge in [-0.05, 0) is 51.1 Å². The van der Waals surface area contributed by atoms with Crippen LogP contribution in [0.15, 0.2) is 0 Å². The Labute approximate surface area is 145 Å². The number of carbonyl (C=O) groups excluding carboxylic acids is 1. The zero-order valence-electron chi connectivity index (χ0n) is 15.4. The highest BCUT2D eigenvalue weighted by Crippen LogP contribution is 2.25. The van der Waals surface area contributed by atoms with E-state index in [4.69, 9.17) is 5.11 Å². The van der Waals surface area contributed by atoms with Crippen molar-refractivity contribution in [3.05, 3.63) is 0 Å². The molecule has 0 aliphatic carbocycles. The van der Waals surface area contributed by atoms with E-state index in [2.05, 4.69) is 18.7 Å². The first-order chi connectivity index (χ1) is 11.4. The molecule has 2 heterocycles. The molecule has 2 rings (SSSR count). The minimum absolute atomic E-state index is 0.159. The topological polar surface area (TPSA) is 64.1 Å². The van der Waals surface area contributed by atoms with E-state index < -0.39 is 6.09 Å². The van der Waals surface area contributed by atoms with Gasteiger partial charge < -0.3 is 19.8 Å². The number of nitrogens with zero attached hydrogens (tertiary/aromatic N) is 3. The van der Waals surface area contributed by atoms with E-state index in [9.17, 15) is 9.59 Å². The molecule has 1 atom stereocenters. The summed E-state index contributed by atoms with van der Waals surface area (Å²) in [5, 5.41) is 9.14. The Morgan fingerprint density at radius 3 is 2.33 bits per heavy atom. The van der Waals surface area contributed by atoms with Crippen LogP contribution in [-0.2, 0) is 4.79 Å². The second kappa shape index (κ2) is 8.70. The molecule has 2 fully saturated rings. The fourth-order valence-corrected chi connectivity index (χ4v) is 4.10.